The predicted octanol–water partition coefficient (Wildman–Crippen LogP) is 2.44. The van der Waals surface area contributed by atoms with Crippen LogP contribution in [0.4, 0.5) is 0 Å². The largest absolute Gasteiger partial charge is 0.342 e. The minimum atomic E-state index is 0.392. The summed E-state index contributed by atoms with van der Waals surface area (Å²) in [5, 5.41) is 0. The van der Waals surface area contributed by atoms with E-state index in [-0.39, 0.29) is 0 Å². The second-order valence-electron chi connectivity index (χ2n) is 5.07. The molecular formula is C12H21NO. The lowest BCUT2D eigenvalue weighted by molar-refractivity contribution is -0.128. The maximum Gasteiger partial charge on any atom is 0.222 e. The summed E-state index contributed by atoms with van der Waals surface area (Å²) in [7, 11) is 0. The van der Waals surface area contributed by atoms with Crippen molar-refractivity contribution in [1.29, 1.82) is 0 Å². The Morgan fingerprint density at radius 1 is 1.29 bits per heavy atom. The van der Waals surface area contributed by atoms with Gasteiger partial charge in [-0.3, -0.25) is 4.79 Å². The fourth-order valence-corrected chi connectivity index (χ4v) is 2.72. The van der Waals surface area contributed by atoms with E-state index < -0.39 is 0 Å². The molecular weight excluding hydrogens is 174 g/mol. The van der Waals surface area contributed by atoms with E-state index in [9.17, 15) is 4.79 Å². The van der Waals surface area contributed by atoms with Gasteiger partial charge in [0.1, 0.15) is 0 Å². The predicted molar refractivity (Wildman–Crippen MR) is 56.9 cm³/mol. The fraction of sp³-hybridized carbons (Fsp3) is 0.917. The average molecular weight is 195 g/mol. The van der Waals surface area contributed by atoms with Crippen molar-refractivity contribution in [3.8, 4) is 0 Å². The van der Waals surface area contributed by atoms with Gasteiger partial charge in [-0.2, -0.15) is 0 Å². The van der Waals surface area contributed by atoms with Crippen molar-refractivity contribution in [1.82, 2.24) is 4.90 Å². The molecule has 1 amide bonds. The highest BCUT2D eigenvalue weighted by atomic mass is 16.2. The average Bonchev–Trinajstić information content (AvgIpc) is 2.56. The van der Waals surface area contributed by atoms with Crippen LogP contribution in [0.25, 0.3) is 0 Å². The Bertz CT molecular complexity index is 206. The molecule has 2 aliphatic rings. The second kappa shape index (κ2) is 4.33. The van der Waals surface area contributed by atoms with Gasteiger partial charge >= 0.3 is 0 Å². The molecule has 0 bridgehead atoms. The van der Waals surface area contributed by atoms with Gasteiger partial charge in [0.2, 0.25) is 5.91 Å². The lowest BCUT2D eigenvalue weighted by atomic mass is 9.83. The first-order valence-corrected chi connectivity index (χ1v) is 6.03. The van der Waals surface area contributed by atoms with Crippen LogP contribution in [0.1, 0.15) is 45.4 Å². The van der Waals surface area contributed by atoms with Gasteiger partial charge in [0.05, 0.1) is 0 Å². The van der Waals surface area contributed by atoms with Crippen LogP contribution in [0.15, 0.2) is 0 Å². The molecule has 0 atom stereocenters. The lowest BCUT2D eigenvalue weighted by Gasteiger charge is -2.29. The molecule has 2 nitrogen and oxygen atoms in total. The molecule has 0 aromatic carbocycles. The fourth-order valence-electron chi connectivity index (χ4n) is 2.72. The summed E-state index contributed by atoms with van der Waals surface area (Å²) in [6.45, 7) is 4.41. The van der Waals surface area contributed by atoms with Crippen LogP contribution in [-0.4, -0.2) is 23.9 Å². The van der Waals surface area contributed by atoms with Crippen LogP contribution in [0.3, 0.4) is 0 Å². The van der Waals surface area contributed by atoms with Crippen molar-refractivity contribution in [3.63, 3.8) is 0 Å². The molecule has 0 N–H and O–H groups in total. The van der Waals surface area contributed by atoms with Crippen LogP contribution >= 0.6 is 0 Å². The molecule has 0 unspecified atom stereocenters. The number of amides is 1. The van der Waals surface area contributed by atoms with Gasteiger partial charge in [0, 0.05) is 19.5 Å². The molecule has 1 aliphatic heterocycles. The van der Waals surface area contributed by atoms with Gasteiger partial charge in [0.25, 0.3) is 0 Å². The van der Waals surface area contributed by atoms with Gasteiger partial charge in [-0.25, -0.2) is 0 Å². The standard InChI is InChI=1S/C12H21NO/c1-10-4-6-11(7-5-10)9-13-8-2-3-12(13)14/h10-11H,2-9H2,1H3. The minimum absolute atomic E-state index is 0.392. The molecule has 0 spiro atoms. The van der Waals surface area contributed by atoms with E-state index >= 15 is 0 Å². The molecule has 1 heterocycles. The van der Waals surface area contributed by atoms with Crippen LogP contribution in [0.5, 0.6) is 0 Å². The van der Waals surface area contributed by atoms with E-state index in [1.807, 2.05) is 0 Å². The topological polar surface area (TPSA) is 20.3 Å². The zero-order chi connectivity index (χ0) is 9.97. The van der Waals surface area contributed by atoms with Gasteiger partial charge < -0.3 is 4.90 Å². The lowest BCUT2D eigenvalue weighted by Crippen LogP contribution is -2.32. The number of nitrogens with zero attached hydrogens (tertiary/aromatic N) is 1. The zero-order valence-electron chi connectivity index (χ0n) is 9.17. The first-order valence-electron chi connectivity index (χ1n) is 6.03. The third-order valence-corrected chi connectivity index (χ3v) is 3.79. The van der Waals surface area contributed by atoms with E-state index in [1.54, 1.807) is 0 Å². The third-order valence-electron chi connectivity index (χ3n) is 3.79. The summed E-state index contributed by atoms with van der Waals surface area (Å²) in [6.07, 6.45) is 7.29. The molecule has 2 heteroatoms. The Kier molecular flexibility index (Phi) is 3.09. The Morgan fingerprint density at radius 2 is 2.00 bits per heavy atom. The van der Waals surface area contributed by atoms with Crippen molar-refractivity contribution in [2.24, 2.45) is 11.8 Å². The minimum Gasteiger partial charge on any atom is -0.342 e. The third kappa shape index (κ3) is 2.28. The molecule has 1 saturated heterocycles. The number of hydrogen-bond donors (Lipinski definition) is 0. The van der Waals surface area contributed by atoms with Crippen LogP contribution < -0.4 is 0 Å². The quantitative estimate of drug-likeness (QED) is 0.662. The highest BCUT2D eigenvalue weighted by molar-refractivity contribution is 5.78. The molecule has 1 aliphatic carbocycles. The molecule has 2 rings (SSSR count). The van der Waals surface area contributed by atoms with Gasteiger partial charge in [-0.15, -0.1) is 0 Å². The smallest absolute Gasteiger partial charge is 0.222 e. The second-order valence-corrected chi connectivity index (χ2v) is 5.07. The maximum absolute atomic E-state index is 11.4. The van der Waals surface area contributed by atoms with Crippen LogP contribution in [-0.2, 0) is 4.79 Å². The molecule has 80 valence electrons. The van der Waals surface area contributed by atoms with E-state index in [4.69, 9.17) is 0 Å². The van der Waals surface area contributed by atoms with Crippen LogP contribution in [0.2, 0.25) is 0 Å². The molecule has 1 saturated carbocycles. The highest BCUT2D eigenvalue weighted by Gasteiger charge is 2.25. The Balaban J connectivity index is 1.77. The number of rotatable bonds is 2. The van der Waals surface area contributed by atoms with E-state index in [0.717, 1.165) is 37.8 Å². The Labute approximate surface area is 86.7 Å². The van der Waals surface area contributed by atoms with Crippen molar-refractivity contribution >= 4 is 5.91 Å². The summed E-state index contributed by atoms with van der Waals surface area (Å²) in [5.41, 5.74) is 0. The molecule has 0 radical (unpaired) electrons. The first-order chi connectivity index (χ1) is 6.75. The van der Waals surface area contributed by atoms with E-state index in [2.05, 4.69) is 11.8 Å². The van der Waals surface area contributed by atoms with Gasteiger partial charge in [-0.1, -0.05) is 19.8 Å². The highest BCUT2D eigenvalue weighted by Crippen LogP contribution is 2.29. The summed E-state index contributed by atoms with van der Waals surface area (Å²) < 4.78 is 0. The zero-order valence-corrected chi connectivity index (χ0v) is 9.17. The van der Waals surface area contributed by atoms with Crippen molar-refractivity contribution in [2.45, 2.75) is 45.4 Å². The van der Waals surface area contributed by atoms with Gasteiger partial charge in [0.15, 0.2) is 0 Å². The van der Waals surface area contributed by atoms with Crippen molar-refractivity contribution < 1.29 is 4.79 Å². The monoisotopic (exact) mass is 195 g/mol. The number of likely N-dealkylation sites (tertiary alicyclic amines) is 1. The molecule has 2 fully saturated rings. The number of hydrogen-bond acceptors (Lipinski definition) is 1. The summed E-state index contributed by atoms with van der Waals surface area (Å²) in [6, 6.07) is 0. The number of carbonyl (C=O) groups excluding carboxylic acids is 1. The first kappa shape index (κ1) is 10.0. The molecule has 0 aromatic rings. The SMILES string of the molecule is CC1CCC(CN2CCCC2=O)CC1. The summed E-state index contributed by atoms with van der Waals surface area (Å²) >= 11 is 0. The van der Waals surface area contributed by atoms with Crippen LogP contribution in [0, 0.1) is 11.8 Å². The maximum atomic E-state index is 11.4. The van der Waals surface area contributed by atoms with E-state index in [1.165, 1.54) is 25.7 Å². The van der Waals surface area contributed by atoms with E-state index in [0.29, 0.717) is 5.91 Å². The van der Waals surface area contributed by atoms with Gasteiger partial charge in [-0.05, 0) is 31.1 Å². The normalized spacial score (nSPS) is 33.8. The summed E-state index contributed by atoms with van der Waals surface area (Å²) in [4.78, 5) is 13.5. The summed E-state index contributed by atoms with van der Waals surface area (Å²) in [5.74, 6) is 2.11. The van der Waals surface area contributed by atoms with Crippen molar-refractivity contribution in [2.75, 3.05) is 13.1 Å². The molecule has 14 heavy (non-hydrogen) atoms. The van der Waals surface area contributed by atoms with Crippen molar-refractivity contribution in [3.05, 3.63) is 0 Å². The Hall–Kier alpha value is -0.530. The Morgan fingerprint density at radius 3 is 2.57 bits per heavy atom. The molecule has 0 aromatic heterocycles. The number of carbonyl (C=O) groups is 1.